The van der Waals surface area contributed by atoms with Crippen LogP contribution in [0.2, 0.25) is 0 Å². The third kappa shape index (κ3) is 3.92. The van der Waals surface area contributed by atoms with Crippen molar-refractivity contribution in [1.29, 1.82) is 0 Å². The average Bonchev–Trinajstić information content (AvgIpc) is 2.95. The maximum atomic E-state index is 12.9. The molecule has 1 aliphatic rings. The van der Waals surface area contributed by atoms with Gasteiger partial charge in [-0.1, -0.05) is 20.8 Å². The minimum absolute atomic E-state index is 0.000665. The molecule has 1 fully saturated rings. The normalized spacial score (nSPS) is 17.8. The van der Waals surface area contributed by atoms with E-state index < -0.39 is 5.41 Å². The summed E-state index contributed by atoms with van der Waals surface area (Å²) in [6.45, 7) is 7.61. The molecule has 1 aromatic heterocycles. The van der Waals surface area contributed by atoms with E-state index in [1.54, 1.807) is 19.0 Å². The molecule has 1 saturated heterocycles. The van der Waals surface area contributed by atoms with Gasteiger partial charge >= 0.3 is 0 Å². The van der Waals surface area contributed by atoms with Gasteiger partial charge in [-0.05, 0) is 30.2 Å². The number of fused-ring (bicyclic) bond motifs is 1. The fourth-order valence-electron chi connectivity index (χ4n) is 3.80. The highest BCUT2D eigenvalue weighted by molar-refractivity contribution is 5.98. The molecular formula is C22H31N3O3. The molecule has 0 unspecified atom stereocenters. The van der Waals surface area contributed by atoms with Crippen LogP contribution in [0.15, 0.2) is 24.4 Å². The summed E-state index contributed by atoms with van der Waals surface area (Å²) in [4.78, 5) is 28.9. The molecule has 0 saturated carbocycles. The third-order valence-corrected chi connectivity index (χ3v) is 5.31. The maximum absolute atomic E-state index is 12.9. The summed E-state index contributed by atoms with van der Waals surface area (Å²) in [5.74, 6) is 0.145. The van der Waals surface area contributed by atoms with Gasteiger partial charge in [-0.25, -0.2) is 0 Å². The molecule has 1 atom stereocenters. The number of hydrogen-bond donors (Lipinski definition) is 0. The quantitative estimate of drug-likeness (QED) is 0.816. The van der Waals surface area contributed by atoms with Crippen molar-refractivity contribution in [2.24, 2.45) is 12.5 Å². The van der Waals surface area contributed by atoms with Crippen LogP contribution in [0, 0.1) is 5.41 Å². The molecule has 0 N–H and O–H groups in total. The molecule has 2 amide bonds. The Hall–Kier alpha value is -2.34. The molecule has 1 aromatic carbocycles. The highest BCUT2D eigenvalue weighted by Crippen LogP contribution is 2.27. The first-order valence-electron chi connectivity index (χ1n) is 9.78. The van der Waals surface area contributed by atoms with E-state index in [4.69, 9.17) is 4.74 Å². The summed E-state index contributed by atoms with van der Waals surface area (Å²) in [5.41, 5.74) is 2.47. The lowest BCUT2D eigenvalue weighted by Gasteiger charge is -2.39. The van der Waals surface area contributed by atoms with Gasteiger partial charge in [-0.3, -0.25) is 9.59 Å². The Balaban J connectivity index is 1.95. The number of amides is 2. The lowest BCUT2D eigenvalue weighted by molar-refractivity contribution is -0.148. The van der Waals surface area contributed by atoms with E-state index in [0.717, 1.165) is 16.5 Å². The van der Waals surface area contributed by atoms with E-state index in [0.29, 0.717) is 31.7 Å². The first-order valence-corrected chi connectivity index (χ1v) is 9.78. The minimum Gasteiger partial charge on any atom is -0.377 e. The van der Waals surface area contributed by atoms with Crippen molar-refractivity contribution in [2.75, 3.05) is 33.9 Å². The molecule has 1 aliphatic heterocycles. The van der Waals surface area contributed by atoms with Crippen molar-refractivity contribution in [1.82, 2.24) is 14.4 Å². The highest BCUT2D eigenvalue weighted by Gasteiger charge is 2.34. The smallest absolute Gasteiger partial charge is 0.253 e. The molecule has 152 valence electrons. The van der Waals surface area contributed by atoms with Gasteiger partial charge in [0.15, 0.2) is 0 Å². The maximum Gasteiger partial charge on any atom is 0.253 e. The van der Waals surface area contributed by atoms with E-state index in [1.165, 1.54) is 0 Å². The zero-order valence-corrected chi connectivity index (χ0v) is 17.8. The Bertz CT molecular complexity index is 892. The average molecular weight is 386 g/mol. The van der Waals surface area contributed by atoms with Crippen molar-refractivity contribution in [2.45, 2.75) is 33.2 Å². The van der Waals surface area contributed by atoms with Crippen LogP contribution in [0.5, 0.6) is 0 Å². The first-order chi connectivity index (χ1) is 13.1. The largest absolute Gasteiger partial charge is 0.377 e. The number of carbonyl (C=O) groups is 2. The van der Waals surface area contributed by atoms with Crippen LogP contribution < -0.4 is 0 Å². The topological polar surface area (TPSA) is 54.8 Å². The van der Waals surface area contributed by atoms with Crippen molar-refractivity contribution in [3.8, 4) is 0 Å². The first kappa shape index (κ1) is 20.4. The molecule has 6 heteroatoms. The van der Waals surface area contributed by atoms with Gasteiger partial charge in [0.2, 0.25) is 5.91 Å². The molecule has 3 rings (SSSR count). The van der Waals surface area contributed by atoms with Crippen molar-refractivity contribution >= 4 is 22.7 Å². The van der Waals surface area contributed by atoms with Crippen molar-refractivity contribution < 1.29 is 14.3 Å². The van der Waals surface area contributed by atoms with Crippen LogP contribution in [0.4, 0.5) is 0 Å². The molecule has 2 aromatic rings. The SMILES string of the molecule is CN(C)C(=O)c1ccc2c(c1)c(C[C@H]1COCCN1C(=O)C(C)(C)C)cn2C. The number of rotatable bonds is 3. The molecule has 2 heterocycles. The van der Waals surface area contributed by atoms with Crippen LogP contribution in [-0.2, 0) is 23.0 Å². The van der Waals surface area contributed by atoms with E-state index in [1.807, 2.05) is 50.9 Å². The predicted octanol–water partition coefficient (Wildman–Crippen LogP) is 2.70. The second-order valence-corrected chi connectivity index (χ2v) is 8.88. The lowest BCUT2D eigenvalue weighted by atomic mass is 9.92. The Labute approximate surface area is 167 Å². The van der Waals surface area contributed by atoms with Gasteiger partial charge in [0.1, 0.15) is 0 Å². The number of morpholine rings is 1. The van der Waals surface area contributed by atoms with Gasteiger partial charge in [0.25, 0.3) is 5.91 Å². The summed E-state index contributed by atoms with van der Waals surface area (Å²) in [5, 5.41) is 1.06. The van der Waals surface area contributed by atoms with Crippen LogP contribution in [0.25, 0.3) is 10.9 Å². The van der Waals surface area contributed by atoms with Gasteiger partial charge in [-0.15, -0.1) is 0 Å². The second kappa shape index (κ2) is 7.59. The number of benzene rings is 1. The zero-order valence-electron chi connectivity index (χ0n) is 17.8. The summed E-state index contributed by atoms with van der Waals surface area (Å²) in [7, 11) is 5.52. The van der Waals surface area contributed by atoms with Crippen LogP contribution in [0.1, 0.15) is 36.7 Å². The predicted molar refractivity (Wildman–Crippen MR) is 110 cm³/mol. The lowest BCUT2D eigenvalue weighted by Crippen LogP contribution is -2.53. The number of aromatic nitrogens is 1. The minimum atomic E-state index is -0.417. The Morgan fingerprint density at radius 1 is 1.25 bits per heavy atom. The second-order valence-electron chi connectivity index (χ2n) is 8.88. The zero-order chi connectivity index (χ0) is 20.6. The Kier molecular flexibility index (Phi) is 5.53. The Morgan fingerprint density at radius 3 is 2.61 bits per heavy atom. The molecule has 0 bridgehead atoms. The third-order valence-electron chi connectivity index (χ3n) is 5.31. The van der Waals surface area contributed by atoms with Gasteiger partial charge in [-0.2, -0.15) is 0 Å². The molecular weight excluding hydrogens is 354 g/mol. The van der Waals surface area contributed by atoms with Gasteiger partial charge < -0.3 is 19.1 Å². The number of hydrogen-bond acceptors (Lipinski definition) is 3. The van der Waals surface area contributed by atoms with Crippen LogP contribution in [-0.4, -0.2) is 66.1 Å². The molecule has 6 nitrogen and oxygen atoms in total. The summed E-state index contributed by atoms with van der Waals surface area (Å²) in [6, 6.07) is 5.82. The van der Waals surface area contributed by atoms with E-state index in [2.05, 4.69) is 10.8 Å². The summed E-state index contributed by atoms with van der Waals surface area (Å²) < 4.78 is 7.78. The molecule has 0 spiro atoms. The molecule has 0 radical (unpaired) electrons. The molecule has 28 heavy (non-hydrogen) atoms. The van der Waals surface area contributed by atoms with Gasteiger partial charge in [0, 0.05) is 55.8 Å². The van der Waals surface area contributed by atoms with E-state index >= 15 is 0 Å². The van der Waals surface area contributed by atoms with Crippen LogP contribution in [0.3, 0.4) is 0 Å². The van der Waals surface area contributed by atoms with Crippen molar-refractivity contribution in [3.63, 3.8) is 0 Å². The van der Waals surface area contributed by atoms with Gasteiger partial charge in [0.05, 0.1) is 19.3 Å². The number of carbonyl (C=O) groups excluding carboxylic acids is 2. The number of nitrogens with zero attached hydrogens (tertiary/aromatic N) is 3. The van der Waals surface area contributed by atoms with E-state index in [-0.39, 0.29) is 17.9 Å². The fraction of sp³-hybridized carbons (Fsp3) is 0.545. The fourth-order valence-corrected chi connectivity index (χ4v) is 3.80. The number of aryl methyl sites for hydroxylation is 1. The highest BCUT2D eigenvalue weighted by atomic mass is 16.5. The van der Waals surface area contributed by atoms with Crippen molar-refractivity contribution in [3.05, 3.63) is 35.5 Å². The van der Waals surface area contributed by atoms with Crippen LogP contribution >= 0.6 is 0 Å². The summed E-state index contributed by atoms with van der Waals surface area (Å²) in [6.07, 6.45) is 2.81. The monoisotopic (exact) mass is 385 g/mol. The number of ether oxygens (including phenoxy) is 1. The Morgan fingerprint density at radius 2 is 1.96 bits per heavy atom. The molecule has 0 aliphatic carbocycles. The van der Waals surface area contributed by atoms with E-state index in [9.17, 15) is 9.59 Å². The standard InChI is InChI=1S/C22H31N3O3/c1-22(2,3)21(27)25-9-10-28-14-17(25)11-16-13-24(6)19-8-7-15(12-18(16)19)20(26)23(4)5/h7-8,12-13,17H,9-11,14H2,1-6H3/t17-/m0/s1. The summed E-state index contributed by atoms with van der Waals surface area (Å²) >= 11 is 0.